The van der Waals surface area contributed by atoms with Crippen molar-refractivity contribution in [3.8, 4) is 11.3 Å². The predicted molar refractivity (Wildman–Crippen MR) is 132 cm³/mol. The Morgan fingerprint density at radius 3 is 2.61 bits per heavy atom. The Balaban J connectivity index is 1.28. The number of nitrogens with zero attached hydrogens (tertiary/aromatic N) is 6. The molecule has 0 atom stereocenters. The number of rotatable bonds is 6. The summed E-state index contributed by atoms with van der Waals surface area (Å²) in [5, 5.41) is 7.66. The maximum Gasteiger partial charge on any atom is 0.511 e. The average molecular weight is 568 g/mol. The van der Waals surface area contributed by atoms with E-state index < -0.39 is 22.1 Å². The number of halogens is 4. The third kappa shape index (κ3) is 4.74. The van der Waals surface area contributed by atoms with Crippen molar-refractivity contribution < 1.29 is 26.4 Å². The summed E-state index contributed by atoms with van der Waals surface area (Å²) < 4.78 is 65.8. The standard InChI is InChI=1S/C23H21ClF3N7O3S/c1-2-18-20(33-12-16(24)11-29-22(33)30-18)21(35)28-10-14-3-5-15(6-4-14)19-9-17-13-32(7-8-34(17)31-19)38(36,37)23(25,26)27/h3-6,9,11-12H,2,7-8,10,13H2,1H3,(H,28,35). The minimum absolute atomic E-state index is 0.0124. The summed E-state index contributed by atoms with van der Waals surface area (Å²) in [5.74, 6) is 0.0466. The molecule has 1 aliphatic rings. The number of amides is 1. The van der Waals surface area contributed by atoms with Crippen LogP contribution in [0, 0.1) is 0 Å². The van der Waals surface area contributed by atoms with Crippen molar-refractivity contribution in [3.63, 3.8) is 0 Å². The molecule has 0 radical (unpaired) electrons. The van der Waals surface area contributed by atoms with Crippen LogP contribution in [0.25, 0.3) is 17.0 Å². The Bertz CT molecular complexity index is 1630. The summed E-state index contributed by atoms with van der Waals surface area (Å²) in [7, 11) is -5.41. The van der Waals surface area contributed by atoms with Gasteiger partial charge in [0, 0.05) is 24.8 Å². The fourth-order valence-electron chi connectivity index (χ4n) is 4.24. The molecule has 0 saturated heterocycles. The van der Waals surface area contributed by atoms with Crippen LogP contribution in [-0.4, -0.2) is 54.8 Å². The van der Waals surface area contributed by atoms with Gasteiger partial charge in [-0.15, -0.1) is 0 Å². The van der Waals surface area contributed by atoms with Crippen molar-refractivity contribution in [2.45, 2.75) is 38.5 Å². The Morgan fingerprint density at radius 1 is 1.18 bits per heavy atom. The molecule has 0 saturated carbocycles. The van der Waals surface area contributed by atoms with E-state index in [-0.39, 0.29) is 25.5 Å². The van der Waals surface area contributed by atoms with Crippen LogP contribution < -0.4 is 5.32 Å². The van der Waals surface area contributed by atoms with Crippen molar-refractivity contribution in [2.24, 2.45) is 0 Å². The SMILES string of the molecule is CCc1nc2ncc(Cl)cn2c1C(=O)NCc1ccc(-c2cc3n(n2)CCN(S(=O)(=O)C(F)(F)F)C3)cc1. The molecule has 1 amide bonds. The van der Waals surface area contributed by atoms with Crippen molar-refractivity contribution in [3.05, 3.63) is 70.4 Å². The van der Waals surface area contributed by atoms with Gasteiger partial charge >= 0.3 is 15.5 Å². The molecular weight excluding hydrogens is 547 g/mol. The number of carbonyl (C=O) groups is 1. The lowest BCUT2D eigenvalue weighted by Crippen LogP contribution is -2.44. The highest BCUT2D eigenvalue weighted by Gasteiger charge is 2.50. The van der Waals surface area contributed by atoms with Gasteiger partial charge in [0.05, 0.1) is 41.4 Å². The molecule has 15 heteroatoms. The number of benzene rings is 1. The number of aromatic nitrogens is 5. The van der Waals surface area contributed by atoms with E-state index in [0.29, 0.717) is 49.9 Å². The van der Waals surface area contributed by atoms with Gasteiger partial charge < -0.3 is 5.32 Å². The quantitative estimate of drug-likeness (QED) is 0.382. The zero-order valence-corrected chi connectivity index (χ0v) is 21.5. The van der Waals surface area contributed by atoms with Crippen molar-refractivity contribution >= 4 is 33.3 Å². The van der Waals surface area contributed by atoms with E-state index >= 15 is 0 Å². The first-order valence-electron chi connectivity index (χ1n) is 11.5. The zero-order valence-electron chi connectivity index (χ0n) is 19.9. The molecule has 3 aromatic heterocycles. The number of hydrogen-bond donors (Lipinski definition) is 1. The number of aryl methyl sites for hydroxylation is 1. The zero-order chi connectivity index (χ0) is 27.2. The van der Waals surface area contributed by atoms with Crippen LogP contribution in [-0.2, 0) is 36.1 Å². The summed E-state index contributed by atoms with van der Waals surface area (Å²) in [6.45, 7) is 1.40. The van der Waals surface area contributed by atoms with Crippen molar-refractivity contribution in [1.29, 1.82) is 0 Å². The molecule has 0 spiro atoms. The summed E-state index contributed by atoms with van der Waals surface area (Å²) in [4.78, 5) is 21.5. The Labute approximate surface area is 220 Å². The molecular formula is C23H21ClF3N7O3S. The second kappa shape index (κ2) is 9.67. The Morgan fingerprint density at radius 2 is 1.92 bits per heavy atom. The topological polar surface area (TPSA) is 114 Å². The van der Waals surface area contributed by atoms with E-state index in [1.54, 1.807) is 40.9 Å². The van der Waals surface area contributed by atoms with Gasteiger partial charge in [-0.2, -0.15) is 22.6 Å². The molecule has 200 valence electrons. The fraction of sp³-hybridized carbons (Fsp3) is 0.304. The van der Waals surface area contributed by atoms with E-state index in [1.165, 1.54) is 10.9 Å². The van der Waals surface area contributed by atoms with E-state index in [2.05, 4.69) is 20.4 Å². The second-order valence-electron chi connectivity index (χ2n) is 8.61. The molecule has 38 heavy (non-hydrogen) atoms. The van der Waals surface area contributed by atoms with Crippen LogP contribution in [0.4, 0.5) is 13.2 Å². The molecule has 1 aromatic carbocycles. The maximum absolute atomic E-state index is 13.0. The lowest BCUT2D eigenvalue weighted by molar-refractivity contribution is -0.0496. The van der Waals surface area contributed by atoms with Gasteiger partial charge in [0.25, 0.3) is 5.91 Å². The number of nitrogens with one attached hydrogen (secondary N) is 1. The molecule has 10 nitrogen and oxygen atoms in total. The number of hydrogen-bond acceptors (Lipinski definition) is 6. The van der Waals surface area contributed by atoms with Gasteiger partial charge in [0.1, 0.15) is 5.69 Å². The molecule has 0 unspecified atom stereocenters. The van der Waals surface area contributed by atoms with Gasteiger partial charge in [-0.3, -0.25) is 13.9 Å². The van der Waals surface area contributed by atoms with Crippen molar-refractivity contribution in [1.82, 2.24) is 33.8 Å². The van der Waals surface area contributed by atoms with Gasteiger partial charge in [-0.1, -0.05) is 42.8 Å². The van der Waals surface area contributed by atoms with E-state index in [0.717, 1.165) is 5.56 Å². The molecule has 1 aliphatic heterocycles. The van der Waals surface area contributed by atoms with Crippen molar-refractivity contribution in [2.75, 3.05) is 6.54 Å². The largest absolute Gasteiger partial charge is 0.511 e. The van der Waals surface area contributed by atoms with Crippen LogP contribution in [0.3, 0.4) is 0 Å². The lowest BCUT2D eigenvalue weighted by Gasteiger charge is -2.27. The average Bonchev–Trinajstić information content (AvgIpc) is 3.47. The minimum atomic E-state index is -5.41. The Kier molecular flexibility index (Phi) is 6.65. The number of alkyl halides is 3. The first kappa shape index (κ1) is 26.1. The molecule has 1 N–H and O–H groups in total. The third-order valence-corrected chi connectivity index (χ3v) is 7.94. The van der Waals surface area contributed by atoms with Crippen LogP contribution in [0.15, 0.2) is 42.7 Å². The molecule has 5 rings (SSSR count). The molecule has 4 heterocycles. The molecule has 0 bridgehead atoms. The van der Waals surface area contributed by atoms with Crippen LogP contribution >= 0.6 is 11.6 Å². The van der Waals surface area contributed by atoms with Gasteiger partial charge in [0.15, 0.2) is 0 Å². The second-order valence-corrected chi connectivity index (χ2v) is 11.0. The molecule has 0 aliphatic carbocycles. The first-order valence-corrected chi connectivity index (χ1v) is 13.3. The third-order valence-electron chi connectivity index (χ3n) is 6.17. The normalized spacial score (nSPS) is 14.6. The predicted octanol–water partition coefficient (Wildman–Crippen LogP) is 3.40. The molecule has 0 fully saturated rings. The van der Waals surface area contributed by atoms with Gasteiger partial charge in [-0.05, 0) is 18.1 Å². The smallest absolute Gasteiger partial charge is 0.347 e. The Hall–Kier alpha value is -3.49. The fourth-order valence-corrected chi connectivity index (χ4v) is 5.30. The molecule has 4 aromatic rings. The highest BCUT2D eigenvalue weighted by molar-refractivity contribution is 7.89. The summed E-state index contributed by atoms with van der Waals surface area (Å²) in [6, 6.07) is 8.71. The minimum Gasteiger partial charge on any atom is -0.347 e. The first-order chi connectivity index (χ1) is 18.0. The number of fused-ring (bicyclic) bond motifs is 2. The summed E-state index contributed by atoms with van der Waals surface area (Å²) in [5.41, 5.74) is -2.03. The lowest BCUT2D eigenvalue weighted by atomic mass is 10.1. The van der Waals surface area contributed by atoms with E-state index in [9.17, 15) is 26.4 Å². The summed E-state index contributed by atoms with van der Waals surface area (Å²) in [6.07, 6.45) is 3.58. The van der Waals surface area contributed by atoms with Gasteiger partial charge in [0.2, 0.25) is 5.78 Å². The monoisotopic (exact) mass is 567 g/mol. The summed E-state index contributed by atoms with van der Waals surface area (Å²) >= 11 is 6.04. The number of imidazole rings is 1. The highest BCUT2D eigenvalue weighted by atomic mass is 35.5. The van der Waals surface area contributed by atoms with Gasteiger partial charge in [-0.25, -0.2) is 18.4 Å². The number of carbonyl (C=O) groups excluding carboxylic acids is 1. The van der Waals surface area contributed by atoms with Crippen LogP contribution in [0.5, 0.6) is 0 Å². The highest BCUT2D eigenvalue weighted by Crippen LogP contribution is 2.30. The van der Waals surface area contributed by atoms with E-state index in [1.807, 2.05) is 6.92 Å². The maximum atomic E-state index is 13.0. The number of sulfonamides is 1. The van der Waals surface area contributed by atoms with Crippen LogP contribution in [0.1, 0.15) is 34.4 Å². The van der Waals surface area contributed by atoms with Crippen LogP contribution in [0.2, 0.25) is 5.02 Å². The van der Waals surface area contributed by atoms with E-state index in [4.69, 9.17) is 11.6 Å².